The van der Waals surface area contributed by atoms with Crippen molar-refractivity contribution in [3.63, 3.8) is 0 Å². The van der Waals surface area contributed by atoms with Gasteiger partial charge in [-0.05, 0) is 36.4 Å². The van der Waals surface area contributed by atoms with E-state index in [1.807, 2.05) is 12.1 Å². The van der Waals surface area contributed by atoms with E-state index in [0.717, 1.165) is 0 Å². The van der Waals surface area contributed by atoms with E-state index >= 15 is 0 Å². The molecule has 0 radical (unpaired) electrons. The minimum atomic E-state index is -0.423. The van der Waals surface area contributed by atoms with E-state index in [-0.39, 0.29) is 21.7 Å². The summed E-state index contributed by atoms with van der Waals surface area (Å²) in [7, 11) is 0. The third-order valence-electron chi connectivity index (χ3n) is 2.76. The van der Waals surface area contributed by atoms with Gasteiger partial charge in [0.25, 0.3) is 5.91 Å². The third kappa shape index (κ3) is 3.11. The summed E-state index contributed by atoms with van der Waals surface area (Å²) in [6.07, 6.45) is 0. The lowest BCUT2D eigenvalue weighted by Gasteiger charge is -2.08. The Morgan fingerprint density at radius 3 is 2.43 bits per heavy atom. The lowest BCUT2D eigenvalue weighted by molar-refractivity contribution is 0.102. The molecular weight excluding hydrogens is 288 g/mol. The van der Waals surface area contributed by atoms with Crippen molar-refractivity contribution < 1.29 is 4.79 Å². The first-order valence-electron chi connectivity index (χ1n) is 5.86. The fourth-order valence-electron chi connectivity index (χ4n) is 1.73. The van der Waals surface area contributed by atoms with Gasteiger partial charge in [-0.3, -0.25) is 4.79 Å². The van der Waals surface area contributed by atoms with Crippen LogP contribution in [0.3, 0.4) is 0 Å². The summed E-state index contributed by atoms with van der Waals surface area (Å²) >= 11 is 5.96. The highest BCUT2D eigenvalue weighted by Crippen LogP contribution is 2.21. The molecule has 6 heteroatoms. The zero-order valence-electron chi connectivity index (χ0n) is 10.7. The molecule has 0 bridgehead atoms. The van der Waals surface area contributed by atoms with E-state index in [4.69, 9.17) is 27.9 Å². The number of rotatable bonds is 2. The number of nitriles is 2. The zero-order chi connectivity index (χ0) is 15.4. The Labute approximate surface area is 126 Å². The number of carbonyl (C=O) groups is 1. The Morgan fingerprint density at radius 1 is 1.10 bits per heavy atom. The molecule has 0 aliphatic heterocycles. The molecule has 1 amide bonds. The smallest absolute Gasteiger partial charge is 0.257 e. The molecule has 0 fully saturated rings. The first kappa shape index (κ1) is 14.4. The van der Waals surface area contributed by atoms with Crippen molar-refractivity contribution in [3.05, 3.63) is 58.1 Å². The molecule has 0 spiro atoms. The molecule has 102 valence electrons. The molecule has 3 N–H and O–H groups in total. The Bertz CT molecular complexity index is 802. The zero-order valence-corrected chi connectivity index (χ0v) is 11.5. The maximum atomic E-state index is 12.1. The van der Waals surface area contributed by atoms with Crippen LogP contribution in [0, 0.1) is 22.7 Å². The van der Waals surface area contributed by atoms with E-state index in [1.165, 1.54) is 24.3 Å². The Morgan fingerprint density at radius 2 is 1.81 bits per heavy atom. The number of nitrogens with one attached hydrogen (secondary N) is 1. The number of nitrogens with two attached hydrogens (primary N) is 1. The number of hydrogen-bond donors (Lipinski definition) is 2. The summed E-state index contributed by atoms with van der Waals surface area (Å²) in [6, 6.07) is 12.8. The maximum Gasteiger partial charge on any atom is 0.257 e. The van der Waals surface area contributed by atoms with E-state index in [1.54, 1.807) is 12.1 Å². The van der Waals surface area contributed by atoms with Crippen LogP contribution in [0.5, 0.6) is 0 Å². The lowest BCUT2D eigenvalue weighted by Crippen LogP contribution is -2.12. The van der Waals surface area contributed by atoms with Crippen LogP contribution in [0.15, 0.2) is 36.4 Å². The molecule has 0 aliphatic rings. The van der Waals surface area contributed by atoms with E-state index < -0.39 is 5.91 Å². The van der Waals surface area contributed by atoms with Crippen LogP contribution >= 0.6 is 11.6 Å². The number of anilines is 2. The molecule has 2 rings (SSSR count). The van der Waals surface area contributed by atoms with E-state index in [2.05, 4.69) is 5.32 Å². The monoisotopic (exact) mass is 296 g/mol. The standard InChI is InChI=1S/C15H9ClN4O/c16-14-6-11(19)2-4-13(14)15(21)20-12-3-1-9(7-17)10(5-12)8-18/h1-6H,19H2,(H,20,21). The topological polar surface area (TPSA) is 103 Å². The van der Waals surface area contributed by atoms with Crippen molar-refractivity contribution in [2.45, 2.75) is 0 Å². The van der Waals surface area contributed by atoms with Gasteiger partial charge in [-0.1, -0.05) is 11.6 Å². The number of nitrogens with zero attached hydrogens (tertiary/aromatic N) is 2. The molecule has 0 heterocycles. The Kier molecular flexibility index (Phi) is 4.08. The van der Waals surface area contributed by atoms with E-state index in [9.17, 15) is 4.79 Å². The minimum Gasteiger partial charge on any atom is -0.399 e. The van der Waals surface area contributed by atoms with Crippen molar-refractivity contribution >= 4 is 28.9 Å². The summed E-state index contributed by atoms with van der Waals surface area (Å²) in [6.45, 7) is 0. The first-order valence-corrected chi connectivity index (χ1v) is 6.23. The molecular formula is C15H9ClN4O. The van der Waals surface area contributed by atoms with Gasteiger partial charge in [-0.25, -0.2) is 0 Å². The van der Waals surface area contributed by atoms with Crippen molar-refractivity contribution in [3.8, 4) is 12.1 Å². The van der Waals surface area contributed by atoms with Crippen molar-refractivity contribution in [1.29, 1.82) is 10.5 Å². The molecule has 0 saturated carbocycles. The second-order valence-corrected chi connectivity index (χ2v) is 4.58. The molecule has 0 saturated heterocycles. The molecule has 0 aliphatic carbocycles. The van der Waals surface area contributed by atoms with Crippen LogP contribution in [0.25, 0.3) is 0 Å². The summed E-state index contributed by atoms with van der Waals surface area (Å²) in [5, 5.41) is 20.7. The van der Waals surface area contributed by atoms with Gasteiger partial charge in [-0.15, -0.1) is 0 Å². The molecule has 0 aromatic heterocycles. The van der Waals surface area contributed by atoms with Crippen LogP contribution in [0.1, 0.15) is 21.5 Å². The number of nitrogen functional groups attached to an aromatic ring is 1. The van der Waals surface area contributed by atoms with Gasteiger partial charge in [0.2, 0.25) is 0 Å². The fraction of sp³-hybridized carbons (Fsp3) is 0. The molecule has 5 nitrogen and oxygen atoms in total. The fourth-order valence-corrected chi connectivity index (χ4v) is 2.00. The van der Waals surface area contributed by atoms with Gasteiger partial charge in [0.15, 0.2) is 0 Å². The average Bonchev–Trinajstić information content (AvgIpc) is 2.46. The highest BCUT2D eigenvalue weighted by molar-refractivity contribution is 6.34. The normalized spacial score (nSPS) is 9.48. The molecule has 0 atom stereocenters. The quantitative estimate of drug-likeness (QED) is 0.831. The van der Waals surface area contributed by atoms with Gasteiger partial charge >= 0.3 is 0 Å². The van der Waals surface area contributed by atoms with Gasteiger partial charge in [-0.2, -0.15) is 10.5 Å². The number of carbonyl (C=O) groups excluding carboxylic acids is 1. The Balaban J connectivity index is 2.28. The number of benzene rings is 2. The third-order valence-corrected chi connectivity index (χ3v) is 3.07. The van der Waals surface area contributed by atoms with Gasteiger partial charge in [0.05, 0.1) is 21.7 Å². The average molecular weight is 297 g/mol. The molecule has 2 aromatic carbocycles. The number of amides is 1. The molecule has 0 unspecified atom stereocenters. The van der Waals surface area contributed by atoms with Gasteiger partial charge < -0.3 is 11.1 Å². The number of hydrogen-bond acceptors (Lipinski definition) is 4. The van der Waals surface area contributed by atoms with Crippen molar-refractivity contribution in [1.82, 2.24) is 0 Å². The molecule has 2 aromatic rings. The van der Waals surface area contributed by atoms with Crippen LogP contribution in [0.4, 0.5) is 11.4 Å². The molecule has 21 heavy (non-hydrogen) atoms. The second-order valence-electron chi connectivity index (χ2n) is 4.18. The van der Waals surface area contributed by atoms with Crippen LogP contribution in [-0.2, 0) is 0 Å². The van der Waals surface area contributed by atoms with Gasteiger partial charge in [0, 0.05) is 11.4 Å². The first-order chi connectivity index (χ1) is 10.0. The highest BCUT2D eigenvalue weighted by atomic mass is 35.5. The summed E-state index contributed by atoms with van der Waals surface area (Å²) < 4.78 is 0. The van der Waals surface area contributed by atoms with Crippen LogP contribution in [-0.4, -0.2) is 5.91 Å². The van der Waals surface area contributed by atoms with E-state index in [0.29, 0.717) is 11.4 Å². The summed E-state index contributed by atoms with van der Waals surface area (Å²) in [5.41, 5.74) is 7.15. The minimum absolute atomic E-state index is 0.193. The predicted octanol–water partition coefficient (Wildman–Crippen LogP) is 2.92. The van der Waals surface area contributed by atoms with Gasteiger partial charge in [0.1, 0.15) is 12.1 Å². The lowest BCUT2D eigenvalue weighted by atomic mass is 10.1. The summed E-state index contributed by atoms with van der Waals surface area (Å²) in [5.74, 6) is -0.423. The SMILES string of the molecule is N#Cc1ccc(NC(=O)c2ccc(N)cc2Cl)cc1C#N. The second kappa shape index (κ2) is 5.96. The maximum absolute atomic E-state index is 12.1. The number of halogens is 1. The van der Waals surface area contributed by atoms with Crippen molar-refractivity contribution in [2.75, 3.05) is 11.1 Å². The summed E-state index contributed by atoms with van der Waals surface area (Å²) in [4.78, 5) is 12.1. The highest BCUT2D eigenvalue weighted by Gasteiger charge is 2.12. The van der Waals surface area contributed by atoms with Crippen LogP contribution in [0.2, 0.25) is 5.02 Å². The predicted molar refractivity (Wildman–Crippen MR) is 79.7 cm³/mol. The van der Waals surface area contributed by atoms with Crippen molar-refractivity contribution in [2.24, 2.45) is 0 Å². The Hall–Kier alpha value is -3.02. The van der Waals surface area contributed by atoms with Crippen LogP contribution < -0.4 is 11.1 Å². The largest absolute Gasteiger partial charge is 0.399 e.